The highest BCUT2D eigenvalue weighted by molar-refractivity contribution is 7.08. The van der Waals surface area contributed by atoms with Gasteiger partial charge >= 0.3 is 5.97 Å². The molecule has 1 saturated heterocycles. The van der Waals surface area contributed by atoms with Crippen molar-refractivity contribution in [2.75, 3.05) is 26.3 Å². The topological polar surface area (TPSA) is 59.0 Å². The Bertz CT molecular complexity index is 739. The van der Waals surface area contributed by atoms with Crippen molar-refractivity contribution < 1.29 is 19.4 Å². The number of piperidine rings is 1. The van der Waals surface area contributed by atoms with Crippen LogP contribution in [0.5, 0.6) is 11.5 Å². The molecular weight excluding hydrogens is 362 g/mol. The predicted molar refractivity (Wildman–Crippen MR) is 107 cm³/mol. The second-order valence-corrected chi connectivity index (χ2v) is 7.46. The van der Waals surface area contributed by atoms with Crippen LogP contribution >= 0.6 is 11.3 Å². The first-order valence-electron chi connectivity index (χ1n) is 9.52. The lowest BCUT2D eigenvalue weighted by molar-refractivity contribution is -0.143. The van der Waals surface area contributed by atoms with E-state index in [1.807, 2.05) is 19.9 Å². The molecule has 27 heavy (non-hydrogen) atoms. The van der Waals surface area contributed by atoms with E-state index >= 15 is 0 Å². The van der Waals surface area contributed by atoms with Crippen molar-refractivity contribution in [3.05, 3.63) is 46.2 Å². The summed E-state index contributed by atoms with van der Waals surface area (Å²) >= 11 is 1.68. The molecule has 0 amide bonds. The Balaban J connectivity index is 1.90. The highest BCUT2D eigenvalue weighted by Gasteiger charge is 2.30. The van der Waals surface area contributed by atoms with Gasteiger partial charge in [0.15, 0.2) is 11.5 Å². The van der Waals surface area contributed by atoms with Gasteiger partial charge in [-0.25, -0.2) is 0 Å². The maximum atomic E-state index is 11.3. The average molecular weight is 390 g/mol. The molecule has 0 aliphatic carbocycles. The van der Waals surface area contributed by atoms with Gasteiger partial charge in [0.1, 0.15) is 0 Å². The largest absolute Gasteiger partial charge is 0.490 e. The number of thiophene rings is 1. The zero-order chi connectivity index (χ0) is 19.2. The van der Waals surface area contributed by atoms with Crippen molar-refractivity contribution in [3.63, 3.8) is 0 Å². The summed E-state index contributed by atoms with van der Waals surface area (Å²) in [5.41, 5.74) is 2.38. The number of carboxylic acids is 1. The minimum absolute atomic E-state index is 0.0980. The third-order valence-corrected chi connectivity index (χ3v) is 5.69. The van der Waals surface area contributed by atoms with E-state index in [-0.39, 0.29) is 12.0 Å². The molecule has 1 aliphatic rings. The monoisotopic (exact) mass is 389 g/mol. The molecular formula is C21H27NO4S. The molecule has 1 fully saturated rings. The van der Waals surface area contributed by atoms with Gasteiger partial charge < -0.3 is 14.6 Å². The molecule has 1 unspecified atom stereocenters. The summed E-state index contributed by atoms with van der Waals surface area (Å²) < 4.78 is 11.5. The molecule has 0 saturated carbocycles. The lowest BCUT2D eigenvalue weighted by atomic mass is 9.92. The Morgan fingerprint density at radius 2 is 1.85 bits per heavy atom. The number of carbonyl (C=O) groups is 1. The Morgan fingerprint density at radius 3 is 2.44 bits per heavy atom. The molecule has 1 atom stereocenters. The molecule has 3 rings (SSSR count). The number of ether oxygens (including phenoxy) is 2. The number of benzene rings is 1. The maximum Gasteiger partial charge on any atom is 0.306 e. The number of hydrogen-bond acceptors (Lipinski definition) is 5. The first-order valence-corrected chi connectivity index (χ1v) is 10.5. The fourth-order valence-electron chi connectivity index (χ4n) is 3.69. The molecule has 1 aromatic heterocycles. The van der Waals surface area contributed by atoms with Crippen molar-refractivity contribution in [1.82, 2.24) is 4.90 Å². The van der Waals surface area contributed by atoms with Crippen LogP contribution in [0.4, 0.5) is 0 Å². The number of aliphatic carboxylic acids is 1. The summed E-state index contributed by atoms with van der Waals surface area (Å²) in [6.45, 7) is 6.65. The molecule has 5 nitrogen and oxygen atoms in total. The third kappa shape index (κ3) is 4.62. The van der Waals surface area contributed by atoms with Gasteiger partial charge in [0.2, 0.25) is 0 Å². The van der Waals surface area contributed by atoms with E-state index in [0.29, 0.717) is 26.1 Å². The zero-order valence-electron chi connectivity index (χ0n) is 15.9. The molecule has 0 spiro atoms. The average Bonchev–Trinajstić information content (AvgIpc) is 3.19. The van der Waals surface area contributed by atoms with Crippen LogP contribution in [0.3, 0.4) is 0 Å². The van der Waals surface area contributed by atoms with E-state index in [1.54, 1.807) is 11.3 Å². The summed E-state index contributed by atoms with van der Waals surface area (Å²) in [4.78, 5) is 13.7. The van der Waals surface area contributed by atoms with E-state index in [1.165, 1.54) is 5.56 Å². The second-order valence-electron chi connectivity index (χ2n) is 6.68. The van der Waals surface area contributed by atoms with Gasteiger partial charge in [0.05, 0.1) is 25.2 Å². The van der Waals surface area contributed by atoms with Gasteiger partial charge in [-0.1, -0.05) is 6.07 Å². The van der Waals surface area contributed by atoms with Gasteiger partial charge in [0.25, 0.3) is 0 Å². The van der Waals surface area contributed by atoms with E-state index in [9.17, 15) is 9.90 Å². The van der Waals surface area contributed by atoms with Crippen LogP contribution in [0, 0.1) is 5.92 Å². The van der Waals surface area contributed by atoms with E-state index in [0.717, 1.165) is 30.2 Å². The number of nitrogens with zero attached hydrogens (tertiary/aromatic N) is 1. The molecule has 1 aliphatic heterocycles. The van der Waals surface area contributed by atoms with Crippen LogP contribution in [0.15, 0.2) is 35.0 Å². The molecule has 1 N–H and O–H groups in total. The number of hydrogen-bond donors (Lipinski definition) is 1. The van der Waals surface area contributed by atoms with E-state index < -0.39 is 5.97 Å². The fourth-order valence-corrected chi connectivity index (χ4v) is 4.37. The molecule has 146 valence electrons. The standard InChI is InChI=1S/C21H27NO4S/c1-3-25-18-6-5-16(13-19(18)26-4-2)20(17-9-12-27-14-17)22-10-7-15(8-11-22)21(23)24/h5-6,9,12-15,20H,3-4,7-8,10-11H2,1-2H3,(H,23,24). The SMILES string of the molecule is CCOc1ccc(C(c2ccsc2)N2CCC(C(=O)O)CC2)cc1OCC. The van der Waals surface area contributed by atoms with Gasteiger partial charge in [0, 0.05) is 0 Å². The van der Waals surface area contributed by atoms with Crippen LogP contribution < -0.4 is 9.47 Å². The Kier molecular flexibility index (Phi) is 6.74. The fraction of sp³-hybridized carbons (Fsp3) is 0.476. The maximum absolute atomic E-state index is 11.3. The predicted octanol–water partition coefficient (Wildman–Crippen LogP) is 4.43. The summed E-state index contributed by atoms with van der Waals surface area (Å²) in [7, 11) is 0. The van der Waals surface area contributed by atoms with Crippen LogP contribution in [0.1, 0.15) is 43.9 Å². The van der Waals surface area contributed by atoms with Gasteiger partial charge in [-0.3, -0.25) is 9.69 Å². The van der Waals surface area contributed by atoms with Crippen molar-refractivity contribution in [1.29, 1.82) is 0 Å². The number of carboxylic acid groups (broad SMARTS) is 1. The minimum Gasteiger partial charge on any atom is -0.490 e. The van der Waals surface area contributed by atoms with Crippen molar-refractivity contribution in [3.8, 4) is 11.5 Å². The third-order valence-electron chi connectivity index (χ3n) is 4.99. The van der Waals surface area contributed by atoms with Crippen LogP contribution in [0.2, 0.25) is 0 Å². The Morgan fingerprint density at radius 1 is 1.15 bits per heavy atom. The summed E-state index contributed by atoms with van der Waals surface area (Å²) in [6.07, 6.45) is 1.37. The van der Waals surface area contributed by atoms with Crippen molar-refractivity contribution >= 4 is 17.3 Å². The Labute approximate surface area is 164 Å². The normalized spacial score (nSPS) is 16.8. The lowest BCUT2D eigenvalue weighted by Crippen LogP contribution is -2.39. The second kappa shape index (κ2) is 9.24. The van der Waals surface area contributed by atoms with Crippen LogP contribution in [0.25, 0.3) is 0 Å². The number of rotatable bonds is 8. The molecule has 2 aromatic rings. The first kappa shape index (κ1) is 19.7. The van der Waals surface area contributed by atoms with Gasteiger partial charge in [-0.2, -0.15) is 11.3 Å². The Hall–Kier alpha value is -2.05. The summed E-state index contributed by atoms with van der Waals surface area (Å²) in [6, 6.07) is 8.39. The first-order chi connectivity index (χ1) is 13.1. The van der Waals surface area contributed by atoms with E-state index in [2.05, 4.69) is 33.9 Å². The number of likely N-dealkylation sites (tertiary alicyclic amines) is 1. The smallest absolute Gasteiger partial charge is 0.306 e. The van der Waals surface area contributed by atoms with Crippen LogP contribution in [-0.4, -0.2) is 42.3 Å². The van der Waals surface area contributed by atoms with Crippen molar-refractivity contribution in [2.24, 2.45) is 5.92 Å². The molecule has 0 radical (unpaired) electrons. The molecule has 1 aromatic carbocycles. The van der Waals surface area contributed by atoms with Gasteiger partial charge in [-0.15, -0.1) is 0 Å². The zero-order valence-corrected chi connectivity index (χ0v) is 16.7. The van der Waals surface area contributed by atoms with Crippen LogP contribution in [-0.2, 0) is 4.79 Å². The highest BCUT2D eigenvalue weighted by atomic mass is 32.1. The highest BCUT2D eigenvalue weighted by Crippen LogP contribution is 2.38. The van der Waals surface area contributed by atoms with Crippen molar-refractivity contribution in [2.45, 2.75) is 32.7 Å². The van der Waals surface area contributed by atoms with Gasteiger partial charge in [-0.05, 0) is 79.9 Å². The minimum atomic E-state index is -0.679. The molecule has 6 heteroatoms. The summed E-state index contributed by atoms with van der Waals surface area (Å²) in [5.74, 6) is 0.611. The van der Waals surface area contributed by atoms with E-state index in [4.69, 9.17) is 9.47 Å². The quantitative estimate of drug-likeness (QED) is 0.724. The molecule has 2 heterocycles. The lowest BCUT2D eigenvalue weighted by Gasteiger charge is -2.36. The summed E-state index contributed by atoms with van der Waals surface area (Å²) in [5, 5.41) is 13.6. The molecule has 0 bridgehead atoms.